The third-order valence-corrected chi connectivity index (χ3v) is 4.75. The van der Waals surface area contributed by atoms with Crippen molar-refractivity contribution in [1.29, 1.82) is 0 Å². The first-order valence-corrected chi connectivity index (χ1v) is 9.32. The quantitative estimate of drug-likeness (QED) is 0.255. The summed E-state index contributed by atoms with van der Waals surface area (Å²) in [6.45, 7) is 5.16. The molecule has 0 amide bonds. The molecule has 1 aromatic heterocycles. The molecule has 2 aromatic carbocycles. The summed E-state index contributed by atoms with van der Waals surface area (Å²) in [6, 6.07) is 11.5. The Balaban J connectivity index is 2.05. The summed E-state index contributed by atoms with van der Waals surface area (Å²) in [5, 5.41) is 4.56. The van der Waals surface area contributed by atoms with Gasteiger partial charge in [-0.1, -0.05) is 36.9 Å². The van der Waals surface area contributed by atoms with Crippen molar-refractivity contribution in [1.82, 2.24) is 9.78 Å². The zero-order valence-electron chi connectivity index (χ0n) is 17.0. The van der Waals surface area contributed by atoms with Crippen molar-refractivity contribution in [3.05, 3.63) is 66.4 Å². The van der Waals surface area contributed by atoms with Crippen LogP contribution in [0.5, 0.6) is 0 Å². The van der Waals surface area contributed by atoms with E-state index in [1.807, 2.05) is 0 Å². The molecule has 1 heterocycles. The zero-order valence-corrected chi connectivity index (χ0v) is 17.0. The molecule has 0 N–H and O–H groups in total. The van der Waals surface area contributed by atoms with Crippen molar-refractivity contribution in [2.24, 2.45) is 5.41 Å². The van der Waals surface area contributed by atoms with Crippen LogP contribution in [0, 0.1) is 5.41 Å². The highest BCUT2D eigenvalue weighted by atomic mass is 19.4. The molecule has 10 heteroatoms. The average molecular weight is 456 g/mol. The van der Waals surface area contributed by atoms with Crippen molar-refractivity contribution in [2.75, 3.05) is 0 Å². The minimum Gasteiger partial charge on any atom is -0.422 e. The molecule has 0 aliphatic rings. The van der Waals surface area contributed by atoms with E-state index in [0.717, 1.165) is 12.1 Å². The number of carbonyl (C=O) groups excluding carboxylic acids is 1. The van der Waals surface area contributed by atoms with Gasteiger partial charge in [-0.3, -0.25) is 9.48 Å². The Labute approximate surface area is 179 Å². The second kappa shape index (κ2) is 7.99. The Kier molecular flexibility index (Phi) is 5.84. The Morgan fingerprint density at radius 3 is 2.22 bits per heavy atom. The fourth-order valence-corrected chi connectivity index (χ4v) is 3.03. The second-order valence-corrected chi connectivity index (χ2v) is 7.80. The highest BCUT2D eigenvalue weighted by Gasteiger charge is 2.40. The van der Waals surface area contributed by atoms with Crippen LogP contribution in [0.15, 0.2) is 60.9 Å². The van der Waals surface area contributed by atoms with Crippen molar-refractivity contribution >= 4 is 16.9 Å². The Hall–Kier alpha value is -3.30. The van der Waals surface area contributed by atoms with Crippen LogP contribution < -0.4 is 0 Å². The summed E-state index contributed by atoms with van der Waals surface area (Å²) in [5.74, 6) is -2.85. The van der Waals surface area contributed by atoms with Gasteiger partial charge < -0.3 is 4.74 Å². The minimum atomic E-state index is -4.90. The maximum absolute atomic E-state index is 13.3. The van der Waals surface area contributed by atoms with E-state index in [1.165, 1.54) is 24.6 Å². The molecule has 0 fully saturated rings. The number of benzene rings is 2. The number of hydrogen-bond donors (Lipinski definition) is 0. The van der Waals surface area contributed by atoms with Gasteiger partial charge in [-0.2, -0.15) is 31.4 Å². The molecule has 0 aliphatic heterocycles. The van der Waals surface area contributed by atoms with Crippen molar-refractivity contribution in [3.8, 4) is 11.3 Å². The number of allylic oxidation sites excluding steroid dienone is 1. The van der Waals surface area contributed by atoms with Crippen LogP contribution in [0.3, 0.4) is 0 Å². The molecule has 4 nitrogen and oxygen atoms in total. The highest BCUT2D eigenvalue weighted by Crippen LogP contribution is 2.36. The minimum absolute atomic E-state index is 0.190. The Bertz CT molecular complexity index is 1160. The number of halogens is 6. The maximum Gasteiger partial charge on any atom is 0.449 e. The summed E-state index contributed by atoms with van der Waals surface area (Å²) in [4.78, 5) is 12.4. The van der Waals surface area contributed by atoms with Crippen molar-refractivity contribution in [3.63, 3.8) is 0 Å². The van der Waals surface area contributed by atoms with Gasteiger partial charge in [0.15, 0.2) is 0 Å². The predicted molar refractivity (Wildman–Crippen MR) is 105 cm³/mol. The first-order valence-electron chi connectivity index (χ1n) is 9.32. The molecule has 0 radical (unpaired) electrons. The molecule has 0 atom stereocenters. The number of aromatic nitrogens is 2. The van der Waals surface area contributed by atoms with Gasteiger partial charge in [-0.25, -0.2) is 0 Å². The van der Waals surface area contributed by atoms with Gasteiger partial charge in [0.05, 0.1) is 23.0 Å². The van der Waals surface area contributed by atoms with Gasteiger partial charge >= 0.3 is 18.3 Å². The Morgan fingerprint density at radius 2 is 1.66 bits per heavy atom. The molecule has 170 valence electrons. The number of alkyl halides is 6. The number of esters is 1. The second-order valence-electron chi connectivity index (χ2n) is 7.80. The number of carbonyl (C=O) groups is 1. The summed E-state index contributed by atoms with van der Waals surface area (Å²) >= 11 is 0. The van der Waals surface area contributed by atoms with Crippen molar-refractivity contribution < 1.29 is 35.9 Å². The molecular formula is C22H18F6N2O2. The zero-order chi connectivity index (χ0) is 23.9. The predicted octanol–water partition coefficient (Wildman–Crippen LogP) is 6.37. The third-order valence-electron chi connectivity index (χ3n) is 4.75. The molecule has 3 rings (SSSR count). The SMILES string of the molecule is C=C(OC(=O)C(C)(C)Cn1nc(-c2ccccc2)c2cc(C(F)(F)F)ccc21)C(F)(F)F. The largest absolute Gasteiger partial charge is 0.449 e. The van der Waals surface area contributed by atoms with E-state index in [9.17, 15) is 31.1 Å². The van der Waals surface area contributed by atoms with Crippen LogP contribution in [-0.4, -0.2) is 21.9 Å². The van der Waals surface area contributed by atoms with Gasteiger partial charge in [0.2, 0.25) is 5.76 Å². The summed E-state index contributed by atoms with van der Waals surface area (Å²) < 4.78 is 83.5. The van der Waals surface area contributed by atoms with Crippen LogP contribution in [0.25, 0.3) is 22.2 Å². The van der Waals surface area contributed by atoms with Crippen LogP contribution >= 0.6 is 0 Å². The lowest BCUT2D eigenvalue weighted by molar-refractivity contribution is -0.168. The van der Waals surface area contributed by atoms with E-state index in [4.69, 9.17) is 0 Å². The molecule has 0 aliphatic carbocycles. The van der Waals surface area contributed by atoms with Crippen molar-refractivity contribution in [2.45, 2.75) is 32.7 Å². The fourth-order valence-electron chi connectivity index (χ4n) is 3.03. The number of ether oxygens (including phenoxy) is 1. The summed E-state index contributed by atoms with van der Waals surface area (Å²) in [7, 11) is 0. The van der Waals surface area contributed by atoms with Crippen LogP contribution in [0.2, 0.25) is 0 Å². The lowest BCUT2D eigenvalue weighted by Crippen LogP contribution is -2.33. The topological polar surface area (TPSA) is 44.1 Å². The molecule has 0 unspecified atom stereocenters. The van der Waals surface area contributed by atoms with Gasteiger partial charge in [0, 0.05) is 10.9 Å². The molecule has 0 saturated carbocycles. The first kappa shape index (κ1) is 23.4. The summed E-state index contributed by atoms with van der Waals surface area (Å²) in [6.07, 6.45) is -9.48. The van der Waals surface area contributed by atoms with Crippen LogP contribution in [0.1, 0.15) is 19.4 Å². The molecule has 0 spiro atoms. The van der Waals surface area contributed by atoms with Crippen LogP contribution in [-0.2, 0) is 22.3 Å². The van der Waals surface area contributed by atoms with Gasteiger partial charge in [0.1, 0.15) is 5.69 Å². The standard InChI is InChI=1S/C22H18F6N2O2/c1-13(21(23,24)25)32-19(31)20(2,3)12-30-17-10-9-15(22(26,27)28)11-16(17)18(29-30)14-7-5-4-6-8-14/h4-11H,1,12H2,2-3H3. The monoisotopic (exact) mass is 456 g/mol. The number of hydrogen-bond acceptors (Lipinski definition) is 3. The van der Waals surface area contributed by atoms with Gasteiger partial charge in [-0.05, 0) is 32.0 Å². The van der Waals surface area contributed by atoms with E-state index < -0.39 is 35.1 Å². The lowest BCUT2D eigenvalue weighted by atomic mass is 9.93. The van der Waals surface area contributed by atoms with E-state index in [-0.39, 0.29) is 23.1 Å². The average Bonchev–Trinajstić information content (AvgIpc) is 3.04. The molecule has 32 heavy (non-hydrogen) atoms. The number of fused-ring (bicyclic) bond motifs is 1. The van der Waals surface area contributed by atoms with Gasteiger partial charge in [-0.15, -0.1) is 0 Å². The normalized spacial score (nSPS) is 12.8. The third kappa shape index (κ3) is 4.79. The first-order chi connectivity index (χ1) is 14.7. The summed E-state index contributed by atoms with van der Waals surface area (Å²) in [5.41, 5.74) is -1.30. The number of nitrogens with zero attached hydrogens (tertiary/aromatic N) is 2. The Morgan fingerprint density at radius 1 is 1.03 bits per heavy atom. The van der Waals surface area contributed by atoms with E-state index >= 15 is 0 Å². The molecule has 3 aromatic rings. The van der Waals surface area contributed by atoms with E-state index in [1.54, 1.807) is 30.3 Å². The van der Waals surface area contributed by atoms with E-state index in [0.29, 0.717) is 5.56 Å². The number of rotatable bonds is 5. The van der Waals surface area contributed by atoms with E-state index in [2.05, 4.69) is 16.4 Å². The smallest absolute Gasteiger partial charge is 0.422 e. The van der Waals surface area contributed by atoms with Crippen LogP contribution in [0.4, 0.5) is 26.3 Å². The molecular weight excluding hydrogens is 438 g/mol. The van der Waals surface area contributed by atoms with Gasteiger partial charge in [0.25, 0.3) is 0 Å². The molecule has 0 saturated heterocycles. The lowest BCUT2D eigenvalue weighted by Gasteiger charge is -2.23. The molecule has 0 bridgehead atoms. The maximum atomic E-state index is 13.3. The fraction of sp³-hybridized carbons (Fsp3) is 0.273. The highest BCUT2D eigenvalue weighted by molar-refractivity contribution is 5.94.